The van der Waals surface area contributed by atoms with Gasteiger partial charge in [0.25, 0.3) is 0 Å². The monoisotopic (exact) mass is 262 g/mol. The van der Waals surface area contributed by atoms with Crippen molar-refractivity contribution in [2.75, 3.05) is 0 Å². The van der Waals surface area contributed by atoms with E-state index in [1.54, 1.807) is 11.3 Å². The van der Waals surface area contributed by atoms with Crippen LogP contribution in [0.1, 0.15) is 28.8 Å². The second-order valence-corrected chi connectivity index (χ2v) is 5.06. The van der Waals surface area contributed by atoms with Crippen molar-refractivity contribution >= 4 is 11.3 Å². The van der Waals surface area contributed by atoms with Gasteiger partial charge in [0.05, 0.1) is 17.3 Å². The topological polar surface area (TPSA) is 45.2 Å². The van der Waals surface area contributed by atoms with Gasteiger partial charge >= 0.3 is 0 Å². The zero-order valence-electron chi connectivity index (χ0n) is 10.5. The summed E-state index contributed by atoms with van der Waals surface area (Å²) in [7, 11) is 0. The van der Waals surface area contributed by atoms with Crippen molar-refractivity contribution in [2.24, 2.45) is 0 Å². The minimum absolute atomic E-state index is 0.0918. The average Bonchev–Trinajstić information content (AvgIpc) is 2.87. The van der Waals surface area contributed by atoms with Gasteiger partial charge in [-0.1, -0.05) is 31.2 Å². The summed E-state index contributed by atoms with van der Waals surface area (Å²) in [6, 6.07) is 7.93. The lowest BCUT2D eigenvalue weighted by molar-refractivity contribution is 0.280. The number of thiazole rings is 1. The van der Waals surface area contributed by atoms with E-state index < -0.39 is 0 Å². The van der Waals surface area contributed by atoms with E-state index in [1.165, 1.54) is 5.01 Å². The number of hydrogen-bond donors (Lipinski definition) is 2. The largest absolute Gasteiger partial charge is 0.392 e. The molecule has 96 valence electrons. The van der Waals surface area contributed by atoms with Crippen LogP contribution in [0.3, 0.4) is 0 Å². The number of rotatable bonds is 6. The fraction of sp³-hybridized carbons (Fsp3) is 0.357. The van der Waals surface area contributed by atoms with Gasteiger partial charge < -0.3 is 10.4 Å². The quantitative estimate of drug-likeness (QED) is 0.840. The third-order valence-electron chi connectivity index (χ3n) is 2.81. The van der Waals surface area contributed by atoms with E-state index in [1.807, 2.05) is 24.3 Å². The van der Waals surface area contributed by atoms with Crippen LogP contribution >= 0.6 is 11.3 Å². The second-order valence-electron chi connectivity index (χ2n) is 4.12. The van der Waals surface area contributed by atoms with Crippen LogP contribution in [-0.2, 0) is 26.1 Å². The van der Waals surface area contributed by atoms with Crippen LogP contribution in [0.4, 0.5) is 0 Å². The van der Waals surface area contributed by atoms with E-state index in [0.717, 1.165) is 36.3 Å². The summed E-state index contributed by atoms with van der Waals surface area (Å²) in [5.74, 6) is 0. The Morgan fingerprint density at radius 3 is 2.67 bits per heavy atom. The molecule has 0 spiro atoms. The lowest BCUT2D eigenvalue weighted by Crippen LogP contribution is -2.14. The highest BCUT2D eigenvalue weighted by atomic mass is 32.1. The molecule has 0 aliphatic rings. The lowest BCUT2D eigenvalue weighted by atomic mass is 10.1. The van der Waals surface area contributed by atoms with Crippen LogP contribution in [0, 0.1) is 0 Å². The highest BCUT2D eigenvalue weighted by molar-refractivity contribution is 7.09. The standard InChI is InChI=1S/C14H18N2OS/c1-2-14-16-13(10-18-14)8-15-7-11-5-3-4-6-12(11)9-17/h3-6,10,15,17H,2,7-9H2,1H3. The number of nitrogens with zero attached hydrogens (tertiary/aromatic N) is 1. The molecule has 0 saturated carbocycles. The summed E-state index contributed by atoms with van der Waals surface area (Å²) in [5.41, 5.74) is 3.22. The summed E-state index contributed by atoms with van der Waals surface area (Å²) in [6.45, 7) is 3.74. The Labute approximate surface area is 112 Å². The second kappa shape index (κ2) is 6.64. The molecule has 1 aromatic heterocycles. The fourth-order valence-corrected chi connectivity index (χ4v) is 2.55. The molecule has 18 heavy (non-hydrogen) atoms. The van der Waals surface area contributed by atoms with Crippen molar-refractivity contribution in [3.05, 3.63) is 51.5 Å². The number of hydrogen-bond acceptors (Lipinski definition) is 4. The van der Waals surface area contributed by atoms with Crippen LogP contribution in [0.5, 0.6) is 0 Å². The Hall–Kier alpha value is -1.23. The van der Waals surface area contributed by atoms with Gasteiger partial charge in [-0.3, -0.25) is 0 Å². The highest BCUT2D eigenvalue weighted by Crippen LogP contribution is 2.11. The summed E-state index contributed by atoms with van der Waals surface area (Å²) >= 11 is 1.71. The Morgan fingerprint density at radius 1 is 1.22 bits per heavy atom. The van der Waals surface area contributed by atoms with Crippen LogP contribution < -0.4 is 5.32 Å². The van der Waals surface area contributed by atoms with Gasteiger partial charge in [0.1, 0.15) is 0 Å². The molecule has 1 heterocycles. The predicted molar refractivity (Wildman–Crippen MR) is 74.4 cm³/mol. The fourth-order valence-electron chi connectivity index (χ4n) is 1.80. The third kappa shape index (κ3) is 3.38. The zero-order valence-corrected chi connectivity index (χ0v) is 11.3. The summed E-state index contributed by atoms with van der Waals surface area (Å²) in [6.07, 6.45) is 0.998. The van der Waals surface area contributed by atoms with Crippen molar-refractivity contribution in [3.8, 4) is 0 Å². The van der Waals surface area contributed by atoms with Gasteiger partial charge in [0, 0.05) is 18.5 Å². The molecule has 0 unspecified atom stereocenters. The molecule has 1 aromatic carbocycles. The van der Waals surface area contributed by atoms with Crippen molar-refractivity contribution in [2.45, 2.75) is 33.0 Å². The lowest BCUT2D eigenvalue weighted by Gasteiger charge is -2.07. The van der Waals surface area contributed by atoms with Gasteiger partial charge in [0.15, 0.2) is 0 Å². The van der Waals surface area contributed by atoms with E-state index in [0.29, 0.717) is 0 Å². The zero-order chi connectivity index (χ0) is 12.8. The van der Waals surface area contributed by atoms with Crippen molar-refractivity contribution in [3.63, 3.8) is 0 Å². The molecule has 0 saturated heterocycles. The van der Waals surface area contributed by atoms with Gasteiger partial charge in [0.2, 0.25) is 0 Å². The Bertz CT molecular complexity index is 496. The highest BCUT2D eigenvalue weighted by Gasteiger charge is 2.02. The minimum atomic E-state index is 0.0918. The van der Waals surface area contributed by atoms with E-state index in [2.05, 4.69) is 22.6 Å². The molecule has 3 nitrogen and oxygen atoms in total. The van der Waals surface area contributed by atoms with Gasteiger partial charge in [-0.2, -0.15) is 0 Å². The molecule has 0 amide bonds. The molecule has 0 radical (unpaired) electrons. The first-order chi connectivity index (χ1) is 8.83. The Balaban J connectivity index is 1.88. The van der Waals surface area contributed by atoms with Crippen molar-refractivity contribution in [1.82, 2.24) is 10.3 Å². The predicted octanol–water partition coefficient (Wildman–Crippen LogP) is 2.49. The van der Waals surface area contributed by atoms with E-state index in [4.69, 9.17) is 0 Å². The summed E-state index contributed by atoms with van der Waals surface area (Å²) < 4.78 is 0. The number of aliphatic hydroxyl groups excluding tert-OH is 1. The molecule has 0 atom stereocenters. The van der Waals surface area contributed by atoms with Gasteiger partial charge in [-0.15, -0.1) is 11.3 Å². The van der Waals surface area contributed by atoms with Gasteiger partial charge in [-0.25, -0.2) is 4.98 Å². The van der Waals surface area contributed by atoms with Crippen molar-refractivity contribution < 1.29 is 5.11 Å². The molecule has 4 heteroatoms. The molecule has 0 aliphatic carbocycles. The maximum Gasteiger partial charge on any atom is 0.0926 e. The van der Waals surface area contributed by atoms with E-state index >= 15 is 0 Å². The number of nitrogens with one attached hydrogen (secondary N) is 1. The van der Waals surface area contributed by atoms with Crippen LogP contribution in [0.15, 0.2) is 29.6 Å². The Kier molecular flexibility index (Phi) is 4.87. The number of aryl methyl sites for hydroxylation is 1. The molecular formula is C14H18N2OS. The molecule has 2 aromatic rings. The number of benzene rings is 1. The molecular weight excluding hydrogens is 244 g/mol. The van der Waals surface area contributed by atoms with E-state index in [9.17, 15) is 5.11 Å². The smallest absolute Gasteiger partial charge is 0.0926 e. The minimum Gasteiger partial charge on any atom is -0.392 e. The Morgan fingerprint density at radius 2 is 2.00 bits per heavy atom. The average molecular weight is 262 g/mol. The summed E-state index contributed by atoms with van der Waals surface area (Å²) in [4.78, 5) is 4.51. The van der Waals surface area contributed by atoms with Crippen molar-refractivity contribution in [1.29, 1.82) is 0 Å². The first-order valence-electron chi connectivity index (χ1n) is 6.15. The molecule has 0 fully saturated rings. The SMILES string of the molecule is CCc1nc(CNCc2ccccc2CO)cs1. The van der Waals surface area contributed by atoms with Gasteiger partial charge in [-0.05, 0) is 17.5 Å². The van der Waals surface area contributed by atoms with Crippen LogP contribution in [0.25, 0.3) is 0 Å². The molecule has 0 bridgehead atoms. The maximum atomic E-state index is 9.23. The molecule has 2 rings (SSSR count). The van der Waals surface area contributed by atoms with E-state index in [-0.39, 0.29) is 6.61 Å². The third-order valence-corrected chi connectivity index (χ3v) is 3.85. The number of aromatic nitrogens is 1. The molecule has 0 aliphatic heterocycles. The number of aliphatic hydroxyl groups is 1. The van der Waals surface area contributed by atoms with Crippen LogP contribution in [-0.4, -0.2) is 10.1 Å². The first-order valence-corrected chi connectivity index (χ1v) is 7.03. The molecule has 2 N–H and O–H groups in total. The van der Waals surface area contributed by atoms with Crippen LogP contribution in [0.2, 0.25) is 0 Å². The summed E-state index contributed by atoms with van der Waals surface area (Å²) in [5, 5.41) is 15.9. The normalized spacial score (nSPS) is 10.8. The first kappa shape index (κ1) is 13.2. The maximum absolute atomic E-state index is 9.23.